The highest BCUT2D eigenvalue weighted by atomic mass is 16.2. The highest BCUT2D eigenvalue weighted by molar-refractivity contribution is 5.98. The SMILES string of the molecule is CC(=O)NC1CCC(CNc2cc(-c3ccc(C=O)nc3)cc(C(=O)NCc3c(C)cc(C)[nH]c3=O)c2C)CC1. The predicted molar refractivity (Wildman–Crippen MR) is 156 cm³/mol. The van der Waals surface area contributed by atoms with Gasteiger partial charge in [-0.1, -0.05) is 6.07 Å². The van der Waals surface area contributed by atoms with Crippen LogP contribution in [0.3, 0.4) is 0 Å². The third kappa shape index (κ3) is 7.02. The average molecular weight is 544 g/mol. The van der Waals surface area contributed by atoms with Crippen LogP contribution in [0.25, 0.3) is 11.1 Å². The molecular formula is C31H37N5O4. The van der Waals surface area contributed by atoms with E-state index in [0.717, 1.165) is 65.9 Å². The lowest BCUT2D eigenvalue weighted by Gasteiger charge is -2.29. The quantitative estimate of drug-likeness (QED) is 0.299. The first-order chi connectivity index (χ1) is 19.1. The van der Waals surface area contributed by atoms with E-state index >= 15 is 0 Å². The number of H-pyrrole nitrogens is 1. The maximum absolute atomic E-state index is 13.4. The molecule has 0 saturated heterocycles. The summed E-state index contributed by atoms with van der Waals surface area (Å²) in [7, 11) is 0. The van der Waals surface area contributed by atoms with Crippen molar-refractivity contribution in [2.24, 2.45) is 5.92 Å². The zero-order valence-corrected chi connectivity index (χ0v) is 23.5. The topological polar surface area (TPSA) is 133 Å². The minimum atomic E-state index is -0.282. The van der Waals surface area contributed by atoms with Crippen molar-refractivity contribution in [3.63, 3.8) is 0 Å². The Kier molecular flexibility index (Phi) is 9.14. The Balaban J connectivity index is 1.56. The molecule has 0 radical (unpaired) electrons. The minimum absolute atomic E-state index is 0.0117. The number of aryl methyl sites for hydroxylation is 2. The number of nitrogens with one attached hydrogen (secondary N) is 4. The monoisotopic (exact) mass is 543 g/mol. The molecule has 0 unspecified atom stereocenters. The number of aromatic nitrogens is 2. The normalized spacial score (nSPS) is 16.7. The molecule has 2 aromatic heterocycles. The van der Waals surface area contributed by atoms with Crippen LogP contribution in [0.1, 0.15) is 75.8 Å². The van der Waals surface area contributed by atoms with Crippen LogP contribution in [0.15, 0.2) is 41.3 Å². The van der Waals surface area contributed by atoms with Gasteiger partial charge in [0.1, 0.15) is 5.69 Å². The van der Waals surface area contributed by atoms with Crippen molar-refractivity contribution in [3.05, 3.63) is 80.5 Å². The van der Waals surface area contributed by atoms with Crippen molar-refractivity contribution in [2.45, 2.75) is 66.0 Å². The fourth-order valence-electron chi connectivity index (χ4n) is 5.36. The summed E-state index contributed by atoms with van der Waals surface area (Å²) < 4.78 is 0. The van der Waals surface area contributed by atoms with Crippen LogP contribution in [-0.2, 0) is 11.3 Å². The van der Waals surface area contributed by atoms with Gasteiger partial charge in [0.15, 0.2) is 6.29 Å². The molecule has 4 N–H and O–H groups in total. The largest absolute Gasteiger partial charge is 0.385 e. The fourth-order valence-corrected chi connectivity index (χ4v) is 5.36. The second-order valence-corrected chi connectivity index (χ2v) is 10.7. The number of benzene rings is 1. The molecule has 1 fully saturated rings. The van der Waals surface area contributed by atoms with Gasteiger partial charge in [-0.25, -0.2) is 0 Å². The van der Waals surface area contributed by atoms with Gasteiger partial charge in [-0.15, -0.1) is 0 Å². The number of hydrogen-bond donors (Lipinski definition) is 4. The van der Waals surface area contributed by atoms with Crippen LogP contribution in [0.4, 0.5) is 5.69 Å². The zero-order valence-electron chi connectivity index (χ0n) is 23.5. The van der Waals surface area contributed by atoms with E-state index in [4.69, 9.17) is 0 Å². The number of nitrogens with zero attached hydrogens (tertiary/aromatic N) is 1. The Morgan fingerprint density at radius 1 is 1.05 bits per heavy atom. The Morgan fingerprint density at radius 3 is 2.42 bits per heavy atom. The van der Waals surface area contributed by atoms with Gasteiger partial charge in [-0.05, 0) is 93.3 Å². The van der Waals surface area contributed by atoms with Gasteiger partial charge >= 0.3 is 0 Å². The number of carbonyl (C=O) groups is 3. The smallest absolute Gasteiger partial charge is 0.253 e. The van der Waals surface area contributed by atoms with Crippen molar-refractivity contribution < 1.29 is 14.4 Å². The van der Waals surface area contributed by atoms with Gasteiger partial charge in [0.2, 0.25) is 5.91 Å². The summed E-state index contributed by atoms with van der Waals surface area (Å²) in [5.41, 5.74) is 5.96. The molecule has 1 aliphatic rings. The lowest BCUT2D eigenvalue weighted by molar-refractivity contribution is -0.119. The van der Waals surface area contributed by atoms with Crippen molar-refractivity contribution in [3.8, 4) is 11.1 Å². The number of aromatic amines is 1. The van der Waals surface area contributed by atoms with E-state index in [-0.39, 0.29) is 30.0 Å². The fraction of sp³-hybridized carbons (Fsp3) is 0.387. The lowest BCUT2D eigenvalue weighted by Crippen LogP contribution is -2.37. The molecule has 0 bridgehead atoms. The molecule has 210 valence electrons. The Labute approximate surface area is 234 Å². The molecule has 1 saturated carbocycles. The van der Waals surface area contributed by atoms with Gasteiger partial charge in [0, 0.05) is 60.3 Å². The first-order valence-corrected chi connectivity index (χ1v) is 13.7. The van der Waals surface area contributed by atoms with E-state index in [9.17, 15) is 19.2 Å². The number of carbonyl (C=O) groups excluding carboxylic acids is 3. The summed E-state index contributed by atoms with van der Waals surface area (Å²) in [6.07, 6.45) is 6.23. The first-order valence-electron chi connectivity index (χ1n) is 13.7. The van der Waals surface area contributed by atoms with Crippen molar-refractivity contribution in [2.75, 3.05) is 11.9 Å². The predicted octanol–water partition coefficient (Wildman–Crippen LogP) is 4.21. The van der Waals surface area contributed by atoms with Crippen LogP contribution >= 0.6 is 0 Å². The first kappa shape index (κ1) is 28.7. The Bertz CT molecular complexity index is 1450. The van der Waals surface area contributed by atoms with E-state index in [0.29, 0.717) is 29.0 Å². The van der Waals surface area contributed by atoms with Gasteiger partial charge in [0.05, 0.1) is 0 Å². The Hall–Kier alpha value is -4.27. The summed E-state index contributed by atoms with van der Waals surface area (Å²) in [6.45, 7) is 8.01. The van der Waals surface area contributed by atoms with Crippen molar-refractivity contribution >= 4 is 23.8 Å². The van der Waals surface area contributed by atoms with E-state index in [2.05, 4.69) is 25.9 Å². The minimum Gasteiger partial charge on any atom is -0.385 e. The number of hydrogen-bond acceptors (Lipinski definition) is 6. The number of pyridine rings is 2. The summed E-state index contributed by atoms with van der Waals surface area (Å²) >= 11 is 0. The third-order valence-corrected chi connectivity index (χ3v) is 7.65. The molecule has 3 aromatic rings. The molecule has 4 rings (SSSR count). The molecule has 0 atom stereocenters. The van der Waals surface area contributed by atoms with Gasteiger partial charge in [0.25, 0.3) is 11.5 Å². The average Bonchev–Trinajstić information content (AvgIpc) is 2.92. The lowest BCUT2D eigenvalue weighted by atomic mass is 9.86. The molecular weight excluding hydrogens is 506 g/mol. The van der Waals surface area contributed by atoms with Crippen LogP contribution in [-0.4, -0.2) is 40.7 Å². The second kappa shape index (κ2) is 12.7. The molecule has 0 aliphatic heterocycles. The summed E-state index contributed by atoms with van der Waals surface area (Å²) in [6, 6.07) is 9.40. The molecule has 2 amide bonds. The van der Waals surface area contributed by atoms with Crippen LogP contribution in [0.2, 0.25) is 0 Å². The number of amides is 2. The number of aldehydes is 1. The third-order valence-electron chi connectivity index (χ3n) is 7.65. The maximum Gasteiger partial charge on any atom is 0.253 e. The molecule has 9 nitrogen and oxygen atoms in total. The van der Waals surface area contributed by atoms with Crippen molar-refractivity contribution in [1.29, 1.82) is 0 Å². The Morgan fingerprint density at radius 2 is 1.80 bits per heavy atom. The van der Waals surface area contributed by atoms with E-state index < -0.39 is 0 Å². The molecule has 0 spiro atoms. The van der Waals surface area contributed by atoms with Crippen molar-refractivity contribution in [1.82, 2.24) is 20.6 Å². The van der Waals surface area contributed by atoms with Crippen LogP contribution in [0.5, 0.6) is 0 Å². The highest BCUT2D eigenvalue weighted by Gasteiger charge is 2.22. The van der Waals surface area contributed by atoms with E-state index in [1.54, 1.807) is 19.2 Å². The zero-order chi connectivity index (χ0) is 28.8. The number of rotatable bonds is 9. The van der Waals surface area contributed by atoms with Gasteiger partial charge in [-0.2, -0.15) is 0 Å². The van der Waals surface area contributed by atoms with E-state index in [1.807, 2.05) is 45.0 Å². The second-order valence-electron chi connectivity index (χ2n) is 10.7. The summed E-state index contributed by atoms with van der Waals surface area (Å²) in [4.78, 5) is 55.4. The molecule has 2 heterocycles. The molecule has 40 heavy (non-hydrogen) atoms. The summed E-state index contributed by atoms with van der Waals surface area (Å²) in [5.74, 6) is 0.183. The van der Waals surface area contributed by atoms with Crippen LogP contribution < -0.4 is 21.5 Å². The van der Waals surface area contributed by atoms with Crippen LogP contribution in [0, 0.1) is 26.7 Å². The number of anilines is 1. The standard InChI is InChI=1S/C31H37N5O4/c1-18-11-19(2)35-31(40)28(18)16-34-30(39)27-12-24(23-7-10-26(17-37)32-15-23)13-29(20(27)3)33-14-22-5-8-25(9-6-22)36-21(4)38/h7,10-13,15,17,22,25,33H,5-6,8-9,14,16H2,1-4H3,(H,34,39)(H,35,40)(H,36,38). The molecule has 9 heteroatoms. The van der Waals surface area contributed by atoms with E-state index in [1.165, 1.54) is 0 Å². The van der Waals surface area contributed by atoms with Gasteiger partial charge in [-0.3, -0.25) is 24.2 Å². The summed E-state index contributed by atoms with van der Waals surface area (Å²) in [5, 5.41) is 9.51. The highest BCUT2D eigenvalue weighted by Crippen LogP contribution is 2.30. The molecule has 1 aliphatic carbocycles. The molecule has 1 aromatic carbocycles. The maximum atomic E-state index is 13.4. The van der Waals surface area contributed by atoms with Gasteiger partial charge < -0.3 is 20.9 Å².